The fourth-order valence-electron chi connectivity index (χ4n) is 2.60. The molecule has 2 rings (SSSR count). The normalized spacial score (nSPS) is 22.7. The molecule has 0 saturated carbocycles. The first kappa shape index (κ1) is 17.7. The van der Waals surface area contributed by atoms with Gasteiger partial charge in [0.25, 0.3) is 0 Å². The molecule has 1 aromatic rings. The molecule has 1 aromatic carbocycles. The zero-order valence-corrected chi connectivity index (χ0v) is 13.4. The molecule has 0 radical (unpaired) electrons. The molecular weight excluding hydrogens is 291 g/mol. The first-order valence-corrected chi connectivity index (χ1v) is 6.95. The summed E-state index contributed by atoms with van der Waals surface area (Å²) < 4.78 is 13.2. The molecule has 0 aromatic heterocycles. The van der Waals surface area contributed by atoms with Crippen LogP contribution in [0, 0.1) is 5.82 Å². The van der Waals surface area contributed by atoms with Gasteiger partial charge in [0.2, 0.25) is 5.91 Å². The van der Waals surface area contributed by atoms with Gasteiger partial charge in [-0.15, -0.1) is 12.4 Å². The molecule has 1 amide bonds. The van der Waals surface area contributed by atoms with E-state index in [0.29, 0.717) is 25.2 Å². The van der Waals surface area contributed by atoms with Gasteiger partial charge in [-0.1, -0.05) is 12.1 Å². The van der Waals surface area contributed by atoms with Gasteiger partial charge in [-0.25, -0.2) is 4.39 Å². The summed E-state index contributed by atoms with van der Waals surface area (Å²) in [4.78, 5) is 14.1. The van der Waals surface area contributed by atoms with Gasteiger partial charge < -0.3 is 10.2 Å². The average molecular weight is 313 g/mol. The molecule has 116 valence electrons. The maximum absolute atomic E-state index is 13.2. The van der Waals surface area contributed by atoms with Crippen LogP contribution in [0.25, 0.3) is 5.57 Å². The summed E-state index contributed by atoms with van der Waals surface area (Å²) >= 11 is 0. The summed E-state index contributed by atoms with van der Waals surface area (Å²) in [6.07, 6.45) is 1.60. The number of halogens is 2. The molecule has 2 atom stereocenters. The second kappa shape index (κ2) is 7.57. The molecule has 2 unspecified atom stereocenters. The van der Waals surface area contributed by atoms with Gasteiger partial charge in [0.15, 0.2) is 0 Å². The van der Waals surface area contributed by atoms with Crippen molar-refractivity contribution in [3.8, 4) is 0 Å². The minimum Gasteiger partial charge on any atom is -0.336 e. The average Bonchev–Trinajstić information content (AvgIpc) is 2.37. The molecule has 1 aliphatic rings. The SMILES string of the molecule is CC(=CC(=O)N1CC(C)NC(C)C1)c1cccc(F)c1.Cl. The first-order chi connectivity index (χ1) is 9.45. The Bertz CT molecular complexity index is 523. The van der Waals surface area contributed by atoms with Crippen molar-refractivity contribution >= 4 is 23.9 Å². The van der Waals surface area contributed by atoms with E-state index in [1.54, 1.807) is 12.1 Å². The number of hydrogen-bond acceptors (Lipinski definition) is 2. The summed E-state index contributed by atoms with van der Waals surface area (Å²) in [7, 11) is 0. The molecule has 1 heterocycles. The van der Waals surface area contributed by atoms with E-state index >= 15 is 0 Å². The molecule has 3 nitrogen and oxygen atoms in total. The highest BCUT2D eigenvalue weighted by Gasteiger charge is 2.23. The van der Waals surface area contributed by atoms with Crippen LogP contribution in [-0.4, -0.2) is 36.0 Å². The molecule has 1 saturated heterocycles. The molecule has 1 N–H and O–H groups in total. The number of benzene rings is 1. The van der Waals surface area contributed by atoms with E-state index in [9.17, 15) is 9.18 Å². The van der Waals surface area contributed by atoms with E-state index in [1.165, 1.54) is 12.1 Å². The minimum atomic E-state index is -0.285. The highest BCUT2D eigenvalue weighted by atomic mass is 35.5. The number of amides is 1. The Morgan fingerprint density at radius 3 is 2.52 bits per heavy atom. The number of allylic oxidation sites excluding steroid dienone is 1. The van der Waals surface area contributed by atoms with E-state index in [-0.39, 0.29) is 24.1 Å². The number of hydrogen-bond donors (Lipinski definition) is 1. The fraction of sp³-hybridized carbons (Fsp3) is 0.438. The number of piperazine rings is 1. The Morgan fingerprint density at radius 1 is 1.33 bits per heavy atom. The highest BCUT2D eigenvalue weighted by Crippen LogP contribution is 2.16. The Kier molecular flexibility index (Phi) is 6.37. The van der Waals surface area contributed by atoms with Crippen molar-refractivity contribution in [2.24, 2.45) is 0 Å². The van der Waals surface area contributed by atoms with Crippen LogP contribution in [0.15, 0.2) is 30.3 Å². The van der Waals surface area contributed by atoms with Crippen LogP contribution in [-0.2, 0) is 4.79 Å². The molecule has 0 aliphatic carbocycles. The van der Waals surface area contributed by atoms with Gasteiger partial charge in [-0.05, 0) is 44.0 Å². The predicted octanol–water partition coefficient (Wildman–Crippen LogP) is 2.86. The molecule has 0 bridgehead atoms. The Hall–Kier alpha value is -1.39. The van der Waals surface area contributed by atoms with Crippen molar-refractivity contribution in [1.82, 2.24) is 10.2 Å². The summed E-state index contributed by atoms with van der Waals surface area (Å²) in [5.41, 5.74) is 1.53. The summed E-state index contributed by atoms with van der Waals surface area (Å²) in [6.45, 7) is 7.38. The van der Waals surface area contributed by atoms with Crippen molar-refractivity contribution in [2.45, 2.75) is 32.9 Å². The van der Waals surface area contributed by atoms with Gasteiger partial charge in [0.05, 0.1) is 0 Å². The van der Waals surface area contributed by atoms with E-state index in [2.05, 4.69) is 19.2 Å². The lowest BCUT2D eigenvalue weighted by molar-refractivity contribution is -0.127. The van der Waals surface area contributed by atoms with Crippen molar-refractivity contribution in [3.05, 3.63) is 41.7 Å². The third-order valence-electron chi connectivity index (χ3n) is 3.49. The first-order valence-electron chi connectivity index (χ1n) is 6.95. The fourth-order valence-corrected chi connectivity index (χ4v) is 2.60. The van der Waals surface area contributed by atoms with Crippen LogP contribution in [0.2, 0.25) is 0 Å². The standard InChI is InChI=1S/C16H21FN2O.ClH/c1-11(14-5-4-6-15(17)8-14)7-16(20)19-9-12(2)18-13(3)10-19;/h4-8,12-13,18H,9-10H2,1-3H3;1H. The Balaban J connectivity index is 0.00000220. The molecule has 1 fully saturated rings. The van der Waals surface area contributed by atoms with Crippen LogP contribution >= 0.6 is 12.4 Å². The number of rotatable bonds is 2. The highest BCUT2D eigenvalue weighted by molar-refractivity contribution is 5.95. The topological polar surface area (TPSA) is 32.3 Å². The van der Waals surface area contributed by atoms with Gasteiger partial charge in [0, 0.05) is 31.2 Å². The van der Waals surface area contributed by atoms with Gasteiger partial charge in [-0.2, -0.15) is 0 Å². The van der Waals surface area contributed by atoms with Crippen LogP contribution < -0.4 is 5.32 Å². The molecule has 1 aliphatic heterocycles. The third kappa shape index (κ3) is 4.83. The predicted molar refractivity (Wildman–Crippen MR) is 85.9 cm³/mol. The van der Waals surface area contributed by atoms with Crippen molar-refractivity contribution in [1.29, 1.82) is 0 Å². The summed E-state index contributed by atoms with van der Waals surface area (Å²) in [5, 5.41) is 3.39. The van der Waals surface area contributed by atoms with Crippen LogP contribution in [0.5, 0.6) is 0 Å². The van der Waals surface area contributed by atoms with Crippen LogP contribution in [0.3, 0.4) is 0 Å². The van der Waals surface area contributed by atoms with E-state index in [4.69, 9.17) is 0 Å². The number of carbonyl (C=O) groups excluding carboxylic acids is 1. The van der Waals surface area contributed by atoms with Gasteiger partial charge in [0.1, 0.15) is 5.82 Å². The molecule has 21 heavy (non-hydrogen) atoms. The number of nitrogens with zero attached hydrogens (tertiary/aromatic N) is 1. The lowest BCUT2D eigenvalue weighted by Crippen LogP contribution is -2.55. The lowest BCUT2D eigenvalue weighted by atomic mass is 10.1. The summed E-state index contributed by atoms with van der Waals surface area (Å²) in [6, 6.07) is 6.91. The second-order valence-corrected chi connectivity index (χ2v) is 5.55. The second-order valence-electron chi connectivity index (χ2n) is 5.55. The third-order valence-corrected chi connectivity index (χ3v) is 3.49. The zero-order chi connectivity index (χ0) is 14.7. The lowest BCUT2D eigenvalue weighted by Gasteiger charge is -2.35. The minimum absolute atomic E-state index is 0. The smallest absolute Gasteiger partial charge is 0.246 e. The quantitative estimate of drug-likeness (QED) is 0.852. The zero-order valence-electron chi connectivity index (χ0n) is 12.6. The van der Waals surface area contributed by atoms with Crippen LogP contribution in [0.4, 0.5) is 4.39 Å². The van der Waals surface area contributed by atoms with E-state index < -0.39 is 0 Å². The molecular formula is C16H22ClFN2O. The van der Waals surface area contributed by atoms with Gasteiger partial charge in [-0.3, -0.25) is 4.79 Å². The van der Waals surface area contributed by atoms with Crippen LogP contribution in [0.1, 0.15) is 26.3 Å². The maximum Gasteiger partial charge on any atom is 0.246 e. The Labute approximate surface area is 131 Å². The van der Waals surface area contributed by atoms with Crippen molar-refractivity contribution in [2.75, 3.05) is 13.1 Å². The summed E-state index contributed by atoms with van der Waals surface area (Å²) in [5.74, 6) is -0.293. The number of carbonyl (C=O) groups is 1. The maximum atomic E-state index is 13.2. The monoisotopic (exact) mass is 312 g/mol. The molecule has 5 heteroatoms. The molecule has 0 spiro atoms. The largest absolute Gasteiger partial charge is 0.336 e. The van der Waals surface area contributed by atoms with Gasteiger partial charge >= 0.3 is 0 Å². The number of nitrogens with one attached hydrogen (secondary N) is 1. The van der Waals surface area contributed by atoms with E-state index in [0.717, 1.165) is 11.1 Å². The Morgan fingerprint density at radius 2 is 1.95 bits per heavy atom. The van der Waals surface area contributed by atoms with Crippen molar-refractivity contribution < 1.29 is 9.18 Å². The van der Waals surface area contributed by atoms with Crippen molar-refractivity contribution in [3.63, 3.8) is 0 Å². The van der Waals surface area contributed by atoms with E-state index in [1.807, 2.05) is 17.9 Å².